The summed E-state index contributed by atoms with van der Waals surface area (Å²) in [6, 6.07) is 10.1. The lowest BCUT2D eigenvalue weighted by Gasteiger charge is -2.26. The minimum absolute atomic E-state index is 0.421. The van der Waals surface area contributed by atoms with Crippen LogP contribution in [0.3, 0.4) is 0 Å². The number of halogens is 1. The summed E-state index contributed by atoms with van der Waals surface area (Å²) < 4.78 is 5.99. The maximum atomic E-state index is 6.40. The molecule has 1 aliphatic heterocycles. The summed E-state index contributed by atoms with van der Waals surface area (Å²) in [5.74, 6) is 1.68. The van der Waals surface area contributed by atoms with E-state index in [1.54, 1.807) is 6.20 Å². The molecular weight excluding hydrogens is 480 g/mol. The SMILES string of the molecule is CN1CCc2cc(P)c(Nc3ncc(Cl)c(Nc4ccc(S)cc4OP(C)C)n3)cc2C1. The van der Waals surface area contributed by atoms with Crippen LogP contribution in [0.1, 0.15) is 11.1 Å². The Balaban J connectivity index is 1.60. The van der Waals surface area contributed by atoms with Crippen LogP contribution in [-0.2, 0) is 13.0 Å². The third kappa shape index (κ3) is 5.65. The Bertz CT molecular complexity index is 1150. The van der Waals surface area contributed by atoms with Gasteiger partial charge in [-0.05, 0) is 73.6 Å². The van der Waals surface area contributed by atoms with Crippen LogP contribution in [-0.4, -0.2) is 41.8 Å². The van der Waals surface area contributed by atoms with Crippen molar-refractivity contribution in [3.63, 3.8) is 0 Å². The molecule has 2 N–H and O–H groups in total. The predicted molar refractivity (Wildman–Crippen MR) is 143 cm³/mol. The molecule has 168 valence electrons. The molecule has 0 saturated heterocycles. The number of aromatic nitrogens is 2. The van der Waals surface area contributed by atoms with E-state index in [0.29, 0.717) is 22.5 Å². The van der Waals surface area contributed by atoms with E-state index in [4.69, 9.17) is 16.1 Å². The van der Waals surface area contributed by atoms with Crippen molar-refractivity contribution in [2.75, 3.05) is 37.6 Å². The summed E-state index contributed by atoms with van der Waals surface area (Å²) in [6.45, 7) is 6.10. The zero-order chi connectivity index (χ0) is 22.8. The van der Waals surface area contributed by atoms with Crippen molar-refractivity contribution in [3.8, 4) is 5.75 Å². The molecule has 4 rings (SSSR count). The molecule has 0 spiro atoms. The van der Waals surface area contributed by atoms with E-state index in [-0.39, 0.29) is 0 Å². The van der Waals surface area contributed by atoms with Gasteiger partial charge in [-0.1, -0.05) is 11.6 Å². The molecule has 1 atom stereocenters. The first kappa shape index (κ1) is 23.5. The second-order valence-electron chi connectivity index (χ2n) is 7.92. The molecule has 1 unspecified atom stereocenters. The van der Waals surface area contributed by atoms with Crippen molar-refractivity contribution in [2.45, 2.75) is 17.9 Å². The van der Waals surface area contributed by atoms with Crippen LogP contribution in [0.5, 0.6) is 5.75 Å². The van der Waals surface area contributed by atoms with Crippen molar-refractivity contribution >= 4 is 70.1 Å². The fraction of sp³-hybridized carbons (Fsp3) is 0.273. The molecule has 32 heavy (non-hydrogen) atoms. The van der Waals surface area contributed by atoms with Crippen molar-refractivity contribution < 1.29 is 4.52 Å². The lowest BCUT2D eigenvalue weighted by molar-refractivity contribution is 0.313. The van der Waals surface area contributed by atoms with Gasteiger partial charge < -0.3 is 20.1 Å². The molecule has 0 fully saturated rings. The Morgan fingerprint density at radius 1 is 1.16 bits per heavy atom. The van der Waals surface area contributed by atoms with Gasteiger partial charge in [-0.25, -0.2) is 4.98 Å². The first-order valence-electron chi connectivity index (χ1n) is 10.1. The van der Waals surface area contributed by atoms with Gasteiger partial charge in [-0.3, -0.25) is 0 Å². The molecule has 10 heteroatoms. The standard InChI is InChI=1S/C22H26ClN5OP2S/c1-28-7-6-13-9-20(30)18(8-14(13)12-28)26-22-24-11-16(23)21(27-22)25-17-5-4-15(32)10-19(17)29-31(2)3/h4-5,8-11,32H,6-7,12,30H2,1-3H3,(H2,24,25,26,27). The van der Waals surface area contributed by atoms with Gasteiger partial charge in [0.2, 0.25) is 5.95 Å². The molecule has 0 radical (unpaired) electrons. The van der Waals surface area contributed by atoms with E-state index in [9.17, 15) is 0 Å². The molecule has 0 amide bonds. The molecular formula is C22H26ClN5OP2S. The smallest absolute Gasteiger partial charge is 0.229 e. The first-order valence-corrected chi connectivity index (χ1v) is 13.7. The maximum Gasteiger partial charge on any atom is 0.229 e. The van der Waals surface area contributed by atoms with Crippen LogP contribution in [0.2, 0.25) is 5.02 Å². The van der Waals surface area contributed by atoms with Gasteiger partial charge in [0.05, 0.1) is 20.0 Å². The number of fused-ring (bicyclic) bond motifs is 1. The molecule has 3 aromatic rings. The quantitative estimate of drug-likeness (QED) is 0.307. The number of thiol groups is 1. The average molecular weight is 506 g/mol. The minimum atomic E-state index is -0.596. The lowest BCUT2D eigenvalue weighted by atomic mass is 9.99. The number of hydrogen-bond donors (Lipinski definition) is 3. The third-order valence-corrected chi connectivity index (χ3v) is 6.66. The molecule has 6 nitrogen and oxygen atoms in total. The normalized spacial score (nSPS) is 13.7. The fourth-order valence-electron chi connectivity index (χ4n) is 3.53. The summed E-state index contributed by atoms with van der Waals surface area (Å²) in [5, 5.41) is 8.14. The van der Waals surface area contributed by atoms with Crippen LogP contribution in [0.25, 0.3) is 0 Å². The zero-order valence-electron chi connectivity index (χ0n) is 18.2. The highest BCUT2D eigenvalue weighted by atomic mass is 35.5. The van der Waals surface area contributed by atoms with Crippen molar-refractivity contribution in [1.82, 2.24) is 14.9 Å². The summed E-state index contributed by atoms with van der Waals surface area (Å²) >= 11 is 10.8. The molecule has 2 heterocycles. The summed E-state index contributed by atoms with van der Waals surface area (Å²) in [7, 11) is 4.35. The topological polar surface area (TPSA) is 62.3 Å². The Morgan fingerprint density at radius 3 is 2.75 bits per heavy atom. The van der Waals surface area contributed by atoms with Crippen LogP contribution < -0.4 is 20.5 Å². The number of benzene rings is 2. The molecule has 2 aromatic carbocycles. The molecule has 1 aliphatic rings. The van der Waals surface area contributed by atoms with Crippen molar-refractivity contribution in [1.29, 1.82) is 0 Å². The number of anilines is 4. The number of rotatable bonds is 6. The Kier molecular flexibility index (Phi) is 7.44. The average Bonchev–Trinajstić information content (AvgIpc) is 2.73. The van der Waals surface area contributed by atoms with Gasteiger partial charge in [0.1, 0.15) is 10.8 Å². The highest BCUT2D eigenvalue weighted by Gasteiger charge is 2.16. The van der Waals surface area contributed by atoms with Crippen LogP contribution in [0.4, 0.5) is 23.1 Å². The maximum absolute atomic E-state index is 6.40. The second kappa shape index (κ2) is 10.1. The number of nitrogens with one attached hydrogen (secondary N) is 2. The van der Waals surface area contributed by atoms with Crippen LogP contribution in [0, 0.1) is 0 Å². The van der Waals surface area contributed by atoms with E-state index >= 15 is 0 Å². The highest BCUT2D eigenvalue weighted by molar-refractivity contribution is 7.80. The highest BCUT2D eigenvalue weighted by Crippen LogP contribution is 2.38. The van der Waals surface area contributed by atoms with Gasteiger partial charge in [-0.15, -0.1) is 21.9 Å². The summed E-state index contributed by atoms with van der Waals surface area (Å²) in [4.78, 5) is 12.1. The third-order valence-electron chi connectivity index (χ3n) is 5.06. The summed E-state index contributed by atoms with van der Waals surface area (Å²) in [6.07, 6.45) is 2.65. The number of likely N-dealkylation sites (N-methyl/N-ethyl adjacent to an activating group) is 1. The van der Waals surface area contributed by atoms with E-state index in [2.05, 4.69) is 66.6 Å². The van der Waals surface area contributed by atoms with Gasteiger partial charge in [0, 0.05) is 23.7 Å². The van der Waals surface area contributed by atoms with E-state index in [1.807, 2.05) is 31.5 Å². The van der Waals surface area contributed by atoms with E-state index in [1.165, 1.54) is 11.1 Å². The second-order valence-corrected chi connectivity index (χ2v) is 11.3. The minimum Gasteiger partial charge on any atom is -0.472 e. The molecule has 1 aromatic heterocycles. The van der Waals surface area contributed by atoms with Crippen molar-refractivity contribution in [3.05, 3.63) is 52.7 Å². The fourth-order valence-corrected chi connectivity index (χ4v) is 4.76. The van der Waals surface area contributed by atoms with E-state index < -0.39 is 8.15 Å². The van der Waals surface area contributed by atoms with E-state index in [0.717, 1.165) is 41.1 Å². The number of nitrogens with zero attached hydrogens (tertiary/aromatic N) is 3. The molecule has 0 saturated carbocycles. The van der Waals surface area contributed by atoms with Crippen LogP contribution in [0.15, 0.2) is 41.4 Å². The van der Waals surface area contributed by atoms with Crippen molar-refractivity contribution in [2.24, 2.45) is 0 Å². The monoisotopic (exact) mass is 505 g/mol. The van der Waals surface area contributed by atoms with Crippen LogP contribution >= 0.6 is 41.6 Å². The zero-order valence-corrected chi connectivity index (χ0v) is 21.9. The largest absolute Gasteiger partial charge is 0.472 e. The number of hydrogen-bond acceptors (Lipinski definition) is 7. The van der Waals surface area contributed by atoms with Gasteiger partial charge in [0.25, 0.3) is 0 Å². The Morgan fingerprint density at radius 2 is 1.97 bits per heavy atom. The van der Waals surface area contributed by atoms with Gasteiger partial charge >= 0.3 is 0 Å². The van der Waals surface area contributed by atoms with Gasteiger partial charge in [-0.2, -0.15) is 4.98 Å². The van der Waals surface area contributed by atoms with Gasteiger partial charge in [0.15, 0.2) is 5.82 Å². The summed E-state index contributed by atoms with van der Waals surface area (Å²) in [5.41, 5.74) is 4.45. The lowest BCUT2D eigenvalue weighted by Crippen LogP contribution is -2.27. The Hall–Kier alpha value is -1.62. The molecule has 0 aliphatic carbocycles. The first-order chi connectivity index (χ1) is 15.3. The molecule has 0 bridgehead atoms. The predicted octanol–water partition coefficient (Wildman–Crippen LogP) is 5.43. The Labute approximate surface area is 203 Å².